The van der Waals surface area contributed by atoms with Crippen molar-refractivity contribution < 1.29 is 21.6 Å². The predicted octanol–water partition coefficient (Wildman–Crippen LogP) is 2.73. The molecule has 1 aliphatic heterocycles. The fourth-order valence-electron chi connectivity index (χ4n) is 3.00. The van der Waals surface area contributed by atoms with E-state index in [0.717, 1.165) is 12.0 Å². The number of anilines is 2. The maximum Gasteiger partial charge on any atom is 0.265 e. The van der Waals surface area contributed by atoms with Crippen LogP contribution in [0.15, 0.2) is 47.4 Å². The van der Waals surface area contributed by atoms with Crippen molar-refractivity contribution in [2.45, 2.75) is 24.7 Å². The number of benzene rings is 2. The van der Waals surface area contributed by atoms with E-state index >= 15 is 0 Å². The molecule has 2 aromatic carbocycles. The molecule has 0 spiro atoms. The van der Waals surface area contributed by atoms with Gasteiger partial charge in [0.05, 0.1) is 24.2 Å². The molecule has 1 aliphatic rings. The molecule has 0 bridgehead atoms. The number of methoxy groups -OCH3 is 1. The Morgan fingerprint density at radius 3 is 2.52 bits per heavy atom. The molecule has 3 rings (SSSR count). The van der Waals surface area contributed by atoms with Crippen molar-refractivity contribution in [1.82, 2.24) is 0 Å². The Bertz CT molecular complexity index is 1050. The molecule has 27 heavy (non-hydrogen) atoms. The number of aryl methyl sites for hydroxylation is 1. The highest BCUT2D eigenvalue weighted by atomic mass is 32.2. The van der Waals surface area contributed by atoms with Gasteiger partial charge in [0.15, 0.2) is 0 Å². The lowest BCUT2D eigenvalue weighted by Gasteiger charge is -2.28. The van der Waals surface area contributed by atoms with Gasteiger partial charge >= 0.3 is 0 Å². The van der Waals surface area contributed by atoms with Crippen LogP contribution < -0.4 is 13.8 Å². The van der Waals surface area contributed by atoms with Gasteiger partial charge in [-0.15, -0.1) is 0 Å². The third-order valence-electron chi connectivity index (χ3n) is 4.46. The van der Waals surface area contributed by atoms with Gasteiger partial charge in [0, 0.05) is 6.54 Å². The molecule has 9 heteroatoms. The topological polar surface area (TPSA) is 92.8 Å². The van der Waals surface area contributed by atoms with Crippen LogP contribution in [0.5, 0.6) is 5.75 Å². The molecule has 0 radical (unpaired) electrons. The van der Waals surface area contributed by atoms with Crippen LogP contribution in [0.3, 0.4) is 0 Å². The van der Waals surface area contributed by atoms with Crippen LogP contribution >= 0.6 is 0 Å². The van der Waals surface area contributed by atoms with Gasteiger partial charge in [0.2, 0.25) is 10.0 Å². The molecule has 0 saturated carbocycles. The molecule has 2 aromatic rings. The lowest BCUT2D eigenvalue weighted by molar-refractivity contribution is 0.403. The summed E-state index contributed by atoms with van der Waals surface area (Å²) < 4.78 is 59.7. The third-order valence-corrected chi connectivity index (χ3v) is 7.72. The number of nitrogens with zero attached hydrogens (tertiary/aromatic N) is 1. The van der Waals surface area contributed by atoms with Crippen LogP contribution in [0.2, 0.25) is 0 Å². The van der Waals surface area contributed by atoms with Gasteiger partial charge in [0.25, 0.3) is 10.0 Å². The molecule has 7 nitrogen and oxygen atoms in total. The van der Waals surface area contributed by atoms with Crippen LogP contribution in [0.25, 0.3) is 0 Å². The van der Waals surface area contributed by atoms with E-state index in [2.05, 4.69) is 4.72 Å². The molecular weight excluding hydrogens is 388 g/mol. The van der Waals surface area contributed by atoms with Gasteiger partial charge in [0.1, 0.15) is 10.6 Å². The zero-order valence-electron chi connectivity index (χ0n) is 15.2. The number of sulfonamides is 2. The van der Waals surface area contributed by atoms with E-state index in [0.29, 0.717) is 24.3 Å². The van der Waals surface area contributed by atoms with Crippen molar-refractivity contribution >= 4 is 31.4 Å². The van der Waals surface area contributed by atoms with Crippen molar-refractivity contribution in [3.63, 3.8) is 0 Å². The molecule has 146 valence electrons. The zero-order chi connectivity index (χ0) is 19.7. The SMILES string of the molecule is COc1ccc(N2CCCCS2(=O)=O)cc1S(=O)(=O)Nc1ccccc1C. The molecule has 1 saturated heterocycles. The minimum Gasteiger partial charge on any atom is -0.495 e. The predicted molar refractivity (Wildman–Crippen MR) is 105 cm³/mol. The minimum absolute atomic E-state index is 0.0581. The molecule has 1 N–H and O–H groups in total. The molecule has 0 unspecified atom stereocenters. The van der Waals surface area contributed by atoms with Gasteiger partial charge < -0.3 is 4.74 Å². The lowest BCUT2D eigenvalue weighted by Crippen LogP contribution is -2.37. The Balaban J connectivity index is 2.04. The maximum atomic E-state index is 13.0. The molecule has 1 heterocycles. The van der Waals surface area contributed by atoms with Gasteiger partial charge in [-0.3, -0.25) is 9.03 Å². The fraction of sp³-hybridized carbons (Fsp3) is 0.333. The van der Waals surface area contributed by atoms with E-state index in [4.69, 9.17) is 4.74 Å². The van der Waals surface area contributed by atoms with E-state index in [9.17, 15) is 16.8 Å². The monoisotopic (exact) mass is 410 g/mol. The van der Waals surface area contributed by atoms with Crippen LogP contribution in [-0.2, 0) is 20.0 Å². The molecule has 0 aliphatic carbocycles. The summed E-state index contributed by atoms with van der Waals surface area (Å²) in [5.41, 5.74) is 1.55. The van der Waals surface area contributed by atoms with E-state index in [1.54, 1.807) is 31.2 Å². The molecular formula is C18H22N2O5S2. The molecule has 0 amide bonds. The summed E-state index contributed by atoms with van der Waals surface area (Å²) >= 11 is 0. The van der Waals surface area contributed by atoms with Crippen LogP contribution in [-0.4, -0.2) is 36.2 Å². The number of hydrogen-bond donors (Lipinski definition) is 1. The average molecular weight is 411 g/mol. The Labute approximate surface area is 160 Å². The van der Waals surface area contributed by atoms with Crippen molar-refractivity contribution in [1.29, 1.82) is 0 Å². The van der Waals surface area contributed by atoms with Crippen molar-refractivity contribution in [3.05, 3.63) is 48.0 Å². The van der Waals surface area contributed by atoms with E-state index in [1.165, 1.54) is 23.5 Å². The number of rotatable bonds is 5. The average Bonchev–Trinajstić information content (AvgIpc) is 2.63. The Kier molecular flexibility index (Phi) is 5.34. The fourth-order valence-corrected chi connectivity index (χ4v) is 5.95. The van der Waals surface area contributed by atoms with Gasteiger partial charge in [-0.2, -0.15) is 0 Å². The summed E-state index contributed by atoms with van der Waals surface area (Å²) in [4.78, 5) is -0.105. The largest absolute Gasteiger partial charge is 0.495 e. The van der Waals surface area contributed by atoms with Crippen molar-refractivity contribution in [2.24, 2.45) is 0 Å². The summed E-state index contributed by atoms with van der Waals surface area (Å²) in [6.45, 7) is 2.13. The Hall–Kier alpha value is -2.26. The zero-order valence-corrected chi connectivity index (χ0v) is 16.8. The number of hydrogen-bond acceptors (Lipinski definition) is 5. The van der Waals surface area contributed by atoms with E-state index < -0.39 is 20.0 Å². The number of ether oxygens (including phenoxy) is 1. The van der Waals surface area contributed by atoms with E-state index in [-0.39, 0.29) is 16.4 Å². The second-order valence-corrected chi connectivity index (χ2v) is 10.0. The van der Waals surface area contributed by atoms with Crippen LogP contribution in [0.1, 0.15) is 18.4 Å². The standard InChI is InChI=1S/C18H22N2O5S2/c1-14-7-3-4-8-16(14)19-27(23,24)18-13-15(9-10-17(18)25-2)20-11-5-6-12-26(20,21)22/h3-4,7-10,13,19H,5-6,11-12H2,1-2H3. The first kappa shape index (κ1) is 19.5. The first-order valence-corrected chi connectivity index (χ1v) is 11.6. The van der Waals surface area contributed by atoms with Crippen LogP contribution in [0, 0.1) is 6.92 Å². The van der Waals surface area contributed by atoms with Gasteiger partial charge in [-0.05, 0) is 49.6 Å². The molecule has 0 aromatic heterocycles. The smallest absolute Gasteiger partial charge is 0.265 e. The third kappa shape index (κ3) is 4.03. The van der Waals surface area contributed by atoms with Gasteiger partial charge in [-0.1, -0.05) is 18.2 Å². The highest BCUT2D eigenvalue weighted by molar-refractivity contribution is 7.93. The second kappa shape index (κ2) is 7.40. The Morgan fingerprint density at radius 1 is 1.11 bits per heavy atom. The summed E-state index contributed by atoms with van der Waals surface area (Å²) in [7, 11) is -6.05. The summed E-state index contributed by atoms with van der Waals surface area (Å²) in [6, 6.07) is 11.4. The number of nitrogens with one attached hydrogen (secondary N) is 1. The highest BCUT2D eigenvalue weighted by Crippen LogP contribution is 2.33. The molecule has 0 atom stereocenters. The summed E-state index contributed by atoms with van der Waals surface area (Å²) in [6.07, 6.45) is 1.34. The quantitative estimate of drug-likeness (QED) is 0.818. The normalized spacial score (nSPS) is 16.7. The summed E-state index contributed by atoms with van der Waals surface area (Å²) in [5.74, 6) is 0.206. The van der Waals surface area contributed by atoms with Crippen molar-refractivity contribution in [2.75, 3.05) is 28.4 Å². The number of para-hydroxylation sites is 1. The first-order chi connectivity index (χ1) is 12.7. The van der Waals surface area contributed by atoms with E-state index in [1.807, 2.05) is 6.07 Å². The maximum absolute atomic E-state index is 13.0. The first-order valence-electron chi connectivity index (χ1n) is 8.51. The second-order valence-electron chi connectivity index (χ2n) is 6.35. The Morgan fingerprint density at radius 2 is 1.85 bits per heavy atom. The summed E-state index contributed by atoms with van der Waals surface area (Å²) in [5, 5.41) is 0. The van der Waals surface area contributed by atoms with Crippen LogP contribution in [0.4, 0.5) is 11.4 Å². The minimum atomic E-state index is -3.97. The lowest BCUT2D eigenvalue weighted by atomic mass is 10.2. The van der Waals surface area contributed by atoms with Crippen molar-refractivity contribution in [3.8, 4) is 5.75 Å². The molecule has 1 fully saturated rings. The highest BCUT2D eigenvalue weighted by Gasteiger charge is 2.28. The van der Waals surface area contributed by atoms with Gasteiger partial charge in [-0.25, -0.2) is 16.8 Å².